The van der Waals surface area contributed by atoms with Crippen molar-refractivity contribution in [1.82, 2.24) is 4.83 Å². The van der Waals surface area contributed by atoms with Crippen molar-refractivity contribution >= 4 is 38.3 Å². The van der Waals surface area contributed by atoms with Crippen LogP contribution in [0, 0.1) is 6.92 Å². The molecular formula is C15H12ClN5O3S. The molecule has 0 fully saturated rings. The highest BCUT2D eigenvalue weighted by Gasteiger charge is 2.18. The molecule has 0 amide bonds. The van der Waals surface area contributed by atoms with Gasteiger partial charge in [-0.15, -0.1) is 0 Å². The van der Waals surface area contributed by atoms with E-state index in [1.165, 1.54) is 24.3 Å². The van der Waals surface area contributed by atoms with Crippen LogP contribution in [0.4, 0.5) is 5.69 Å². The molecule has 0 aliphatic rings. The zero-order valence-corrected chi connectivity index (χ0v) is 14.5. The third-order valence-electron chi connectivity index (χ3n) is 3.11. The van der Waals surface area contributed by atoms with Crippen LogP contribution < -0.4 is 4.83 Å². The van der Waals surface area contributed by atoms with Crippen LogP contribution in [0.1, 0.15) is 11.1 Å². The number of nitrogens with one attached hydrogen (secondary N) is 1. The monoisotopic (exact) mass is 377 g/mol. The van der Waals surface area contributed by atoms with E-state index in [4.69, 9.17) is 17.1 Å². The van der Waals surface area contributed by atoms with E-state index in [-0.39, 0.29) is 21.9 Å². The lowest BCUT2D eigenvalue weighted by atomic mass is 10.1. The normalized spacial score (nSPS) is 11.5. The first kappa shape index (κ1) is 18.5. The lowest BCUT2D eigenvalue weighted by Gasteiger charge is -2.07. The van der Waals surface area contributed by atoms with Crippen molar-refractivity contribution < 1.29 is 13.2 Å². The van der Waals surface area contributed by atoms with Crippen LogP contribution in [-0.4, -0.2) is 19.4 Å². The van der Waals surface area contributed by atoms with Crippen molar-refractivity contribution in [2.75, 3.05) is 0 Å². The van der Waals surface area contributed by atoms with Crippen LogP contribution in [0.25, 0.3) is 10.4 Å². The summed E-state index contributed by atoms with van der Waals surface area (Å²) in [6.45, 7) is 1.82. The molecule has 8 nitrogen and oxygen atoms in total. The minimum Gasteiger partial charge on any atom is -0.274 e. The van der Waals surface area contributed by atoms with Crippen LogP contribution >= 0.6 is 11.6 Å². The average molecular weight is 378 g/mol. The zero-order chi connectivity index (χ0) is 18.4. The number of hydrazone groups is 1. The van der Waals surface area contributed by atoms with Crippen molar-refractivity contribution in [1.29, 1.82) is 0 Å². The summed E-state index contributed by atoms with van der Waals surface area (Å²) in [5, 5.41) is 6.05. The Morgan fingerprint density at radius 2 is 1.80 bits per heavy atom. The Bertz CT molecular complexity index is 980. The van der Waals surface area contributed by atoms with Gasteiger partial charge in [-0.3, -0.25) is 4.79 Å². The fourth-order valence-corrected chi connectivity index (χ4v) is 2.85. The van der Waals surface area contributed by atoms with E-state index in [9.17, 15) is 13.2 Å². The summed E-state index contributed by atoms with van der Waals surface area (Å²) in [6, 6.07) is 12.1. The van der Waals surface area contributed by atoms with E-state index in [1.54, 1.807) is 24.3 Å². The molecule has 0 radical (unpaired) electrons. The predicted octanol–water partition coefficient (Wildman–Crippen LogP) is 3.38. The SMILES string of the molecule is Cc1ccc(S(=O)(=O)N/N=C(/C(=O)Cl)c2ccccc2N=[N+]=[N-])cc1. The maximum Gasteiger partial charge on any atom is 0.276 e. The fraction of sp³-hybridized carbons (Fsp3) is 0.0667. The molecule has 128 valence electrons. The Balaban J connectivity index is 2.43. The van der Waals surface area contributed by atoms with Crippen LogP contribution in [0.5, 0.6) is 0 Å². The Labute approximate surface area is 148 Å². The summed E-state index contributed by atoms with van der Waals surface area (Å²) < 4.78 is 24.5. The van der Waals surface area contributed by atoms with Crippen LogP contribution in [0.3, 0.4) is 0 Å². The van der Waals surface area contributed by atoms with Gasteiger partial charge in [0.15, 0.2) is 5.71 Å². The van der Waals surface area contributed by atoms with E-state index in [1.807, 2.05) is 11.8 Å². The van der Waals surface area contributed by atoms with E-state index in [0.29, 0.717) is 0 Å². The maximum atomic E-state index is 12.3. The lowest BCUT2D eigenvalue weighted by molar-refractivity contribution is -0.106. The first-order valence-electron chi connectivity index (χ1n) is 6.85. The Kier molecular flexibility index (Phi) is 5.76. The first-order chi connectivity index (χ1) is 11.8. The van der Waals surface area contributed by atoms with Gasteiger partial charge in [0.2, 0.25) is 0 Å². The minimum atomic E-state index is -3.99. The summed E-state index contributed by atoms with van der Waals surface area (Å²) in [5.74, 6) is 0. The number of rotatable bonds is 6. The summed E-state index contributed by atoms with van der Waals surface area (Å²) in [5.41, 5.74) is 9.28. The predicted molar refractivity (Wildman–Crippen MR) is 94.1 cm³/mol. The van der Waals surface area contributed by atoms with Crippen molar-refractivity contribution in [2.24, 2.45) is 10.2 Å². The minimum absolute atomic E-state index is 0.0217. The van der Waals surface area contributed by atoms with E-state index < -0.39 is 15.3 Å². The van der Waals surface area contributed by atoms with Crippen molar-refractivity contribution in [3.05, 3.63) is 70.1 Å². The molecular weight excluding hydrogens is 366 g/mol. The number of hydrogen-bond donors (Lipinski definition) is 1. The molecule has 10 heteroatoms. The van der Waals surface area contributed by atoms with Gasteiger partial charge in [-0.05, 0) is 36.2 Å². The Hall–Kier alpha value is -2.87. The second kappa shape index (κ2) is 7.80. The number of carbonyl (C=O) groups is 1. The second-order valence-electron chi connectivity index (χ2n) is 4.85. The molecule has 0 saturated heterocycles. The zero-order valence-electron chi connectivity index (χ0n) is 12.9. The smallest absolute Gasteiger partial charge is 0.274 e. The molecule has 2 aromatic rings. The number of carbonyl (C=O) groups excluding carboxylic acids is 1. The maximum absolute atomic E-state index is 12.3. The standard InChI is InChI=1S/C15H12ClN5O3S/c1-10-6-8-11(9-7-10)25(23,24)21-19-14(15(16)22)12-4-2-3-5-13(12)18-20-17/h2-9,21H,1H3/b19-14+. The molecule has 0 spiro atoms. The molecule has 0 unspecified atom stereocenters. The molecule has 0 aliphatic heterocycles. The van der Waals surface area contributed by atoms with E-state index in [0.717, 1.165) is 5.56 Å². The highest BCUT2D eigenvalue weighted by Crippen LogP contribution is 2.21. The molecule has 0 aliphatic carbocycles. The van der Waals surface area contributed by atoms with Gasteiger partial charge in [0.25, 0.3) is 15.3 Å². The third kappa shape index (κ3) is 4.57. The number of aryl methyl sites for hydroxylation is 1. The summed E-state index contributed by atoms with van der Waals surface area (Å²) in [6.07, 6.45) is 0. The van der Waals surface area contributed by atoms with Gasteiger partial charge in [0, 0.05) is 16.2 Å². The van der Waals surface area contributed by atoms with Crippen molar-refractivity contribution in [3.63, 3.8) is 0 Å². The molecule has 25 heavy (non-hydrogen) atoms. The van der Waals surface area contributed by atoms with Gasteiger partial charge in [0.1, 0.15) is 0 Å². The molecule has 0 atom stereocenters. The third-order valence-corrected chi connectivity index (χ3v) is 4.51. The highest BCUT2D eigenvalue weighted by atomic mass is 35.5. The number of benzene rings is 2. The number of nitrogens with zero attached hydrogens (tertiary/aromatic N) is 4. The molecule has 0 bridgehead atoms. The molecule has 1 N–H and O–H groups in total. The first-order valence-corrected chi connectivity index (χ1v) is 8.72. The lowest BCUT2D eigenvalue weighted by Crippen LogP contribution is -2.22. The van der Waals surface area contributed by atoms with Gasteiger partial charge < -0.3 is 0 Å². The van der Waals surface area contributed by atoms with Crippen molar-refractivity contribution in [3.8, 4) is 0 Å². The van der Waals surface area contributed by atoms with Crippen LogP contribution in [-0.2, 0) is 14.8 Å². The quantitative estimate of drug-likeness (QED) is 0.207. The van der Waals surface area contributed by atoms with Gasteiger partial charge in [-0.2, -0.15) is 18.4 Å². The molecule has 2 aromatic carbocycles. The van der Waals surface area contributed by atoms with E-state index in [2.05, 4.69) is 15.1 Å². The summed E-state index contributed by atoms with van der Waals surface area (Å²) >= 11 is 5.51. The number of hydrogen-bond acceptors (Lipinski definition) is 5. The Morgan fingerprint density at radius 1 is 1.16 bits per heavy atom. The van der Waals surface area contributed by atoms with Gasteiger partial charge in [-0.25, -0.2) is 0 Å². The van der Waals surface area contributed by atoms with Crippen molar-refractivity contribution in [2.45, 2.75) is 11.8 Å². The number of halogens is 1. The second-order valence-corrected chi connectivity index (χ2v) is 6.85. The number of azide groups is 1. The van der Waals surface area contributed by atoms with Gasteiger partial charge in [0.05, 0.1) is 4.90 Å². The molecule has 0 saturated carbocycles. The summed E-state index contributed by atoms with van der Waals surface area (Å²) in [7, 11) is -3.99. The van der Waals surface area contributed by atoms with Crippen LogP contribution in [0.2, 0.25) is 0 Å². The van der Waals surface area contributed by atoms with E-state index >= 15 is 0 Å². The largest absolute Gasteiger partial charge is 0.276 e. The fourth-order valence-electron chi connectivity index (χ4n) is 1.90. The highest BCUT2D eigenvalue weighted by molar-refractivity contribution is 7.89. The Morgan fingerprint density at radius 3 is 2.40 bits per heavy atom. The topological polar surface area (TPSA) is 124 Å². The summed E-state index contributed by atoms with van der Waals surface area (Å²) in [4.78, 5) is 16.3. The number of sulfonamides is 1. The van der Waals surface area contributed by atoms with Gasteiger partial charge >= 0.3 is 0 Å². The molecule has 0 heterocycles. The molecule has 2 rings (SSSR count). The van der Waals surface area contributed by atoms with Crippen LogP contribution in [0.15, 0.2) is 63.6 Å². The average Bonchev–Trinajstić information content (AvgIpc) is 2.57. The van der Waals surface area contributed by atoms with Gasteiger partial charge in [-0.1, -0.05) is 47.1 Å². The molecule has 0 aromatic heterocycles.